The second kappa shape index (κ2) is 18.5. The van der Waals surface area contributed by atoms with Crippen molar-refractivity contribution in [3.63, 3.8) is 0 Å². The average Bonchev–Trinajstić information content (AvgIpc) is 1.44. The zero-order valence-corrected chi connectivity index (χ0v) is 49.6. The molecule has 2 aromatic heterocycles. The Hall–Kier alpha value is -8.59. The molecule has 2 heterocycles. The maximum Gasteiger partial charge on any atom is 0.418 e. The maximum absolute atomic E-state index is 15.7. The van der Waals surface area contributed by atoms with Gasteiger partial charge < -0.3 is 18.6 Å². The van der Waals surface area contributed by atoms with Gasteiger partial charge in [-0.2, -0.15) is 26.3 Å². The number of benzene rings is 10. The zero-order chi connectivity index (χ0) is 58.6. The average molecular weight is 1150 g/mol. The molecule has 0 amide bonds. The number of anilines is 6. The van der Waals surface area contributed by atoms with Crippen LogP contribution < -0.4 is 20.2 Å². The lowest BCUT2D eigenvalue weighted by Crippen LogP contribution is -2.40. The molecule has 0 saturated carbocycles. The topological polar surface area (TPSA) is 32.8 Å². The Bertz CT molecular complexity index is 4400. The molecule has 0 bridgehead atoms. The molecule has 14 rings (SSSR count). The monoisotopic (exact) mass is 1150 g/mol. The fourth-order valence-electron chi connectivity index (χ4n) is 13.9. The predicted molar refractivity (Wildman–Crippen MR) is 336 cm³/mol. The van der Waals surface area contributed by atoms with E-state index in [4.69, 9.17) is 8.83 Å². The van der Waals surface area contributed by atoms with E-state index in [1.54, 1.807) is 21.9 Å². The van der Waals surface area contributed by atoms with E-state index in [1.165, 1.54) is 24.3 Å². The van der Waals surface area contributed by atoms with E-state index in [0.717, 1.165) is 99.7 Å². The van der Waals surface area contributed by atoms with E-state index < -0.39 is 50.5 Å². The van der Waals surface area contributed by atoms with Crippen LogP contribution in [0.1, 0.15) is 58.4 Å². The van der Waals surface area contributed by atoms with Gasteiger partial charge in [0.15, 0.2) is 11.2 Å². The molecule has 10 aromatic carbocycles. The van der Waals surface area contributed by atoms with Crippen LogP contribution in [0.3, 0.4) is 0 Å². The molecule has 0 N–H and O–H groups in total. The highest BCUT2D eigenvalue weighted by atomic mass is 28.3. The summed E-state index contributed by atoms with van der Waals surface area (Å²) < 4.78 is 108. The SMILES string of the molecule is CC1(C)c2ccccc2C2(c3cc(N(c4ccccc4C(F)(F)F)c4cccc5c4oc4c([Si](C)(C)C)cccc45)ccc3-c3ccc(N(c4ccccc4C(F)(F)F)c4cccc5c4oc4c([Si](C)(C)C)cccc45)cc32)c2ccccc21. The van der Waals surface area contributed by atoms with Crippen LogP contribution in [0.4, 0.5) is 60.5 Å². The lowest BCUT2D eigenvalue weighted by atomic mass is 9.55. The summed E-state index contributed by atoms with van der Waals surface area (Å²) in [6, 6.07) is 63.4. The van der Waals surface area contributed by atoms with E-state index >= 15 is 26.3 Å². The third-order valence-electron chi connectivity index (χ3n) is 17.6. The second-order valence-corrected chi connectivity index (χ2v) is 35.1. The van der Waals surface area contributed by atoms with Crippen LogP contribution in [0.25, 0.3) is 55.0 Å². The highest BCUT2D eigenvalue weighted by molar-refractivity contribution is 6.90. The molecule has 2 aliphatic carbocycles. The molecule has 0 radical (unpaired) electrons. The van der Waals surface area contributed by atoms with Gasteiger partial charge in [0.2, 0.25) is 0 Å². The van der Waals surface area contributed by atoms with Gasteiger partial charge in [0.1, 0.15) is 11.2 Å². The molecule has 2 aliphatic rings. The second-order valence-electron chi connectivity index (χ2n) is 25.0. The minimum Gasteiger partial charge on any atom is -0.454 e. The molecular weight excluding hydrogens is 1090 g/mol. The molecule has 4 nitrogen and oxygen atoms in total. The molecule has 0 fully saturated rings. The van der Waals surface area contributed by atoms with Crippen LogP contribution >= 0.6 is 0 Å². The van der Waals surface area contributed by atoms with Crippen molar-refractivity contribution in [1.82, 2.24) is 0 Å². The van der Waals surface area contributed by atoms with E-state index in [9.17, 15) is 0 Å². The minimum absolute atomic E-state index is 0.0866. The summed E-state index contributed by atoms with van der Waals surface area (Å²) in [6.45, 7) is 17.9. The molecule has 0 atom stereocenters. The first-order valence-electron chi connectivity index (χ1n) is 28.3. The molecule has 12 heteroatoms. The lowest BCUT2D eigenvalue weighted by molar-refractivity contribution is -0.137. The molecule has 84 heavy (non-hydrogen) atoms. The lowest BCUT2D eigenvalue weighted by Gasteiger charge is -2.47. The van der Waals surface area contributed by atoms with Gasteiger partial charge in [0.25, 0.3) is 0 Å². The third-order valence-corrected chi connectivity index (χ3v) is 21.7. The van der Waals surface area contributed by atoms with Crippen molar-refractivity contribution >= 4 is 105 Å². The molecule has 0 aliphatic heterocycles. The number of para-hydroxylation sites is 6. The standard InChI is InChI=1S/C72H58F6N2O2Si2/c1-69(2)51-25-9-11-27-53(51)70(54-28-12-10-26-52(54)69)57-41-43(79(59-31-15-13-29-55(59)71(73,74)75)61-33-17-21-47-49-23-19-35-63(83(3,4)5)67(49)81-65(47)61)37-39-45(57)46-40-38-44(42-58(46)70)80(60-32-16-14-30-56(60)72(76,77)78)62-34-18-22-48-50-24-20-36-64(84(6,7)8)68(50)82-66(48)62/h9-42H,1-8H3. The molecule has 1 spiro atoms. The van der Waals surface area contributed by atoms with Crippen molar-refractivity contribution in [3.8, 4) is 11.1 Å². The van der Waals surface area contributed by atoms with Crippen molar-refractivity contribution in [2.75, 3.05) is 9.80 Å². The van der Waals surface area contributed by atoms with Gasteiger partial charge in [-0.15, -0.1) is 0 Å². The van der Waals surface area contributed by atoms with Crippen LogP contribution in [0.15, 0.2) is 215 Å². The van der Waals surface area contributed by atoms with Crippen molar-refractivity contribution in [3.05, 3.63) is 251 Å². The summed E-state index contributed by atoms with van der Waals surface area (Å²) in [7, 11) is -4.01. The number of halogens is 6. The predicted octanol–water partition coefficient (Wildman–Crippen LogP) is 20.6. The van der Waals surface area contributed by atoms with Gasteiger partial charge in [0.05, 0.1) is 55.4 Å². The third kappa shape index (κ3) is 7.85. The van der Waals surface area contributed by atoms with E-state index in [0.29, 0.717) is 33.9 Å². The largest absolute Gasteiger partial charge is 0.454 e. The molecule has 418 valence electrons. The number of hydrogen-bond acceptors (Lipinski definition) is 4. The Morgan fingerprint density at radius 1 is 0.345 bits per heavy atom. The first-order chi connectivity index (χ1) is 40.0. The summed E-state index contributed by atoms with van der Waals surface area (Å²) in [4.78, 5) is 3.37. The number of nitrogens with zero attached hydrogens (tertiary/aromatic N) is 2. The van der Waals surface area contributed by atoms with E-state index in [-0.39, 0.29) is 11.4 Å². The number of rotatable bonds is 8. The Morgan fingerprint density at radius 3 is 1.06 bits per heavy atom. The summed E-state index contributed by atoms with van der Waals surface area (Å²) in [6.07, 6.45) is -9.50. The Kier molecular flexibility index (Phi) is 11.7. The van der Waals surface area contributed by atoms with Crippen LogP contribution in [0.5, 0.6) is 0 Å². The summed E-state index contributed by atoms with van der Waals surface area (Å²) in [5, 5.41) is 5.52. The van der Waals surface area contributed by atoms with Crippen LogP contribution in [0, 0.1) is 0 Å². The summed E-state index contributed by atoms with van der Waals surface area (Å²) in [5.41, 5.74) is 7.78. The number of furan rings is 2. The molecule has 0 unspecified atom stereocenters. The smallest absolute Gasteiger partial charge is 0.418 e. The first kappa shape index (κ1) is 53.4. The quantitative estimate of drug-likeness (QED) is 0.112. The number of alkyl halides is 6. The van der Waals surface area contributed by atoms with Crippen molar-refractivity contribution in [1.29, 1.82) is 0 Å². The van der Waals surface area contributed by atoms with Gasteiger partial charge >= 0.3 is 12.4 Å². The Morgan fingerprint density at radius 2 is 0.679 bits per heavy atom. The maximum atomic E-state index is 15.7. The fraction of sp³-hybridized carbons (Fsp3) is 0.167. The van der Waals surface area contributed by atoms with Gasteiger partial charge in [-0.25, -0.2) is 0 Å². The molecule has 12 aromatic rings. The number of fused-ring (bicyclic) bond motifs is 15. The molecule has 0 saturated heterocycles. The fourth-order valence-corrected chi connectivity index (χ4v) is 16.9. The van der Waals surface area contributed by atoms with Gasteiger partial charge in [-0.3, -0.25) is 0 Å². The zero-order valence-electron chi connectivity index (χ0n) is 47.6. The normalized spacial score (nSPS) is 14.5. The van der Waals surface area contributed by atoms with Gasteiger partial charge in [-0.05, 0) is 116 Å². The van der Waals surface area contributed by atoms with Crippen molar-refractivity contribution in [2.24, 2.45) is 0 Å². The summed E-state index contributed by atoms with van der Waals surface area (Å²) in [5.74, 6) is 0. The Labute approximate surface area is 485 Å². The van der Waals surface area contributed by atoms with Crippen LogP contribution in [0.2, 0.25) is 39.3 Å². The van der Waals surface area contributed by atoms with Crippen molar-refractivity contribution < 1.29 is 35.2 Å². The minimum atomic E-state index is -4.75. The van der Waals surface area contributed by atoms with Gasteiger partial charge in [-0.1, -0.05) is 199 Å². The highest BCUT2D eigenvalue weighted by Gasteiger charge is 2.54. The van der Waals surface area contributed by atoms with Crippen molar-refractivity contribution in [2.45, 2.75) is 76.3 Å². The van der Waals surface area contributed by atoms with Crippen LogP contribution in [-0.2, 0) is 23.2 Å². The van der Waals surface area contributed by atoms with E-state index in [1.807, 2.05) is 121 Å². The van der Waals surface area contributed by atoms with E-state index in [2.05, 4.69) is 89.5 Å². The van der Waals surface area contributed by atoms with Gasteiger partial charge in [0, 0.05) is 38.3 Å². The Balaban J connectivity index is 1.08. The van der Waals surface area contributed by atoms with Crippen LogP contribution in [-0.4, -0.2) is 16.1 Å². The summed E-state index contributed by atoms with van der Waals surface area (Å²) >= 11 is 0. The molecular formula is C72H58F6N2O2Si2. The number of hydrogen-bond donors (Lipinski definition) is 0. The first-order valence-corrected chi connectivity index (χ1v) is 35.3. The highest BCUT2D eigenvalue weighted by Crippen LogP contribution is 2.64.